The van der Waals surface area contributed by atoms with Gasteiger partial charge in [-0.1, -0.05) is 0 Å². The summed E-state index contributed by atoms with van der Waals surface area (Å²) in [6, 6.07) is 1.30. The molecule has 55 valence electrons. The Morgan fingerprint density at radius 3 is 2.64 bits per heavy atom. The number of carboxylic acids is 1. The number of nitrogens with zero attached hydrogens (tertiary/aromatic N) is 1. The van der Waals surface area contributed by atoms with E-state index in [9.17, 15) is 4.79 Å². The van der Waals surface area contributed by atoms with Crippen molar-refractivity contribution in [3.8, 4) is 0 Å². The van der Waals surface area contributed by atoms with Gasteiger partial charge in [-0.25, -0.2) is 4.79 Å². The first-order chi connectivity index (χ1) is 4.72. The zero-order valence-corrected chi connectivity index (χ0v) is 8.45. The molecule has 0 aliphatic carbocycles. The Hall–Kier alpha value is -0.476. The zero-order valence-electron chi connectivity index (χ0n) is 5.61. The molecule has 0 aliphatic rings. The largest absolute Gasteiger partial charge is 0.697 e. The van der Waals surface area contributed by atoms with E-state index in [2.05, 4.69) is 4.98 Å². The summed E-state index contributed by atoms with van der Waals surface area (Å²) >= 11 is 0. The minimum absolute atomic E-state index is 0. The fourth-order valence-electron chi connectivity index (χ4n) is 0.581. The maximum atomic E-state index is 10.3. The van der Waals surface area contributed by atoms with Gasteiger partial charge < -0.3 is 10.8 Å². The second-order valence-corrected chi connectivity index (χ2v) is 1.73. The molecule has 1 aromatic heterocycles. The summed E-state index contributed by atoms with van der Waals surface area (Å²) in [6.07, 6.45) is 2.55. The molecule has 0 atom stereocenters. The van der Waals surface area contributed by atoms with E-state index < -0.39 is 5.97 Å². The van der Waals surface area contributed by atoms with E-state index in [1.807, 2.05) is 0 Å². The molecule has 11 heavy (non-hydrogen) atoms. The van der Waals surface area contributed by atoms with Crippen LogP contribution in [-0.2, 0) is 32.7 Å². The molecule has 0 aliphatic heterocycles. The summed E-state index contributed by atoms with van der Waals surface area (Å²) in [5, 5.41) is 8.42. The summed E-state index contributed by atoms with van der Waals surface area (Å²) < 4.78 is 0. The fraction of sp³-hybridized carbons (Fsp3) is 0. The summed E-state index contributed by atoms with van der Waals surface area (Å²) in [5.41, 5.74) is 6.98. The van der Waals surface area contributed by atoms with Crippen molar-refractivity contribution in [1.82, 2.24) is 4.98 Å². The van der Waals surface area contributed by atoms with Crippen molar-refractivity contribution in [2.75, 3.05) is 0 Å². The van der Waals surface area contributed by atoms with E-state index in [-0.39, 0.29) is 44.0 Å². The third-order valence-electron chi connectivity index (χ3n) is 1.05. The van der Waals surface area contributed by atoms with Crippen molar-refractivity contribution in [3.63, 3.8) is 0 Å². The van der Waals surface area contributed by atoms with Gasteiger partial charge in [0.2, 0.25) is 0 Å². The van der Waals surface area contributed by atoms with Crippen LogP contribution in [0, 0.1) is 0 Å². The Morgan fingerprint density at radius 1 is 1.64 bits per heavy atom. The number of nitrogens with one attached hydrogen (secondary N) is 1. The molecule has 2 N–H and O–H groups in total. The van der Waals surface area contributed by atoms with Crippen molar-refractivity contribution in [2.45, 2.75) is 0 Å². The van der Waals surface area contributed by atoms with E-state index in [1.165, 1.54) is 18.5 Å². The molecule has 1 rings (SSSR count). The van der Waals surface area contributed by atoms with E-state index in [0.29, 0.717) is 0 Å². The molecule has 1 radical (unpaired) electrons. The Morgan fingerprint density at radius 2 is 2.27 bits per heavy atom. The van der Waals surface area contributed by atoms with Crippen LogP contribution in [0.15, 0.2) is 18.5 Å². The molecule has 0 aromatic carbocycles. The average Bonchev–Trinajstić information content (AvgIpc) is 1.88. The summed E-state index contributed by atoms with van der Waals surface area (Å²) in [6.45, 7) is 0. The number of aromatic nitrogens is 1. The molecule has 4 nitrogen and oxygen atoms in total. The van der Waals surface area contributed by atoms with Crippen molar-refractivity contribution in [1.29, 1.82) is 0 Å². The van der Waals surface area contributed by atoms with Crippen LogP contribution in [0.2, 0.25) is 0 Å². The number of pyridine rings is 1. The second-order valence-electron chi connectivity index (χ2n) is 1.73. The van der Waals surface area contributed by atoms with Crippen molar-refractivity contribution < 1.29 is 42.6 Å². The smallest absolute Gasteiger partial charge is 0.334 e. The van der Waals surface area contributed by atoms with Gasteiger partial charge in [0, 0.05) is 50.7 Å². The van der Waals surface area contributed by atoms with Gasteiger partial charge in [-0.2, -0.15) is 0 Å². The maximum Gasteiger partial charge on any atom is 0.334 e. The van der Waals surface area contributed by atoms with E-state index in [1.54, 1.807) is 0 Å². The van der Waals surface area contributed by atoms with Crippen LogP contribution in [0.1, 0.15) is 10.4 Å². The quantitative estimate of drug-likeness (QED) is 0.787. The topological polar surface area (TPSA) is 74.0 Å². The molecule has 0 saturated carbocycles. The molecule has 0 unspecified atom stereocenters. The molecule has 0 bridgehead atoms. The van der Waals surface area contributed by atoms with Crippen molar-refractivity contribution >= 4 is 11.7 Å². The van der Waals surface area contributed by atoms with Gasteiger partial charge in [0.25, 0.3) is 0 Å². The van der Waals surface area contributed by atoms with Gasteiger partial charge in [-0.3, -0.25) is 4.98 Å². The minimum atomic E-state index is -1.09. The molecular formula is C6H5N2O2Y-. The summed E-state index contributed by atoms with van der Waals surface area (Å²) in [5.74, 6) is -1.09. The van der Waals surface area contributed by atoms with E-state index >= 15 is 0 Å². The predicted octanol–water partition coefficient (Wildman–Crippen LogP) is 1.46. The first-order valence-corrected chi connectivity index (χ1v) is 2.60. The average molecular weight is 226 g/mol. The summed E-state index contributed by atoms with van der Waals surface area (Å²) in [4.78, 5) is 13.9. The first-order valence-electron chi connectivity index (χ1n) is 2.60. The van der Waals surface area contributed by atoms with Gasteiger partial charge in [0.15, 0.2) is 0 Å². The third kappa shape index (κ3) is 2.56. The van der Waals surface area contributed by atoms with Gasteiger partial charge in [-0.15, -0.1) is 5.69 Å². The number of carboxylic acid groups (broad SMARTS) is 1. The number of rotatable bonds is 1. The Labute approximate surface area is 88.7 Å². The van der Waals surface area contributed by atoms with Crippen LogP contribution < -0.4 is 0 Å². The monoisotopic (exact) mass is 226 g/mol. The predicted molar refractivity (Wildman–Crippen MR) is 35.2 cm³/mol. The number of carbonyl (C=O) groups is 1. The summed E-state index contributed by atoms with van der Waals surface area (Å²) in [7, 11) is 0. The van der Waals surface area contributed by atoms with Crippen molar-refractivity contribution in [3.05, 3.63) is 29.8 Å². The van der Waals surface area contributed by atoms with Crippen LogP contribution in [0.25, 0.3) is 5.73 Å². The molecule has 0 fully saturated rings. The molecule has 0 amide bonds. The third-order valence-corrected chi connectivity index (χ3v) is 1.05. The normalized spacial score (nSPS) is 8.36. The van der Waals surface area contributed by atoms with Crippen LogP contribution >= 0.6 is 0 Å². The molecule has 5 heteroatoms. The van der Waals surface area contributed by atoms with E-state index in [0.717, 1.165) is 0 Å². The van der Waals surface area contributed by atoms with Crippen molar-refractivity contribution in [2.24, 2.45) is 0 Å². The zero-order chi connectivity index (χ0) is 7.56. The molecule has 0 saturated heterocycles. The molecule has 0 spiro atoms. The maximum absolute atomic E-state index is 10.3. The molecule has 1 aromatic rings. The van der Waals surface area contributed by atoms with Gasteiger partial charge in [-0.05, 0) is 6.07 Å². The van der Waals surface area contributed by atoms with Crippen LogP contribution in [0.3, 0.4) is 0 Å². The minimum Gasteiger partial charge on any atom is -0.697 e. The standard InChI is InChI=1S/C6H5N2O2.Y/c7-5-3-8-2-1-4(5)6(9)10;/h1-3,7H,(H,9,10);/q-1;. The number of hydrogen-bond donors (Lipinski definition) is 1. The Balaban J connectivity index is 0.000001000. The second kappa shape index (κ2) is 4.41. The molecule has 1 heterocycles. The fourth-order valence-corrected chi connectivity index (χ4v) is 0.581. The van der Waals surface area contributed by atoms with Gasteiger partial charge >= 0.3 is 5.97 Å². The number of aromatic carboxylic acids is 1. The van der Waals surface area contributed by atoms with Crippen LogP contribution in [0.4, 0.5) is 5.69 Å². The Bertz CT molecular complexity index is 265. The van der Waals surface area contributed by atoms with E-state index in [4.69, 9.17) is 10.8 Å². The van der Waals surface area contributed by atoms with Crippen LogP contribution in [0.5, 0.6) is 0 Å². The Kier molecular flexibility index (Phi) is 4.22. The number of hydrogen-bond acceptors (Lipinski definition) is 2. The van der Waals surface area contributed by atoms with Gasteiger partial charge in [0.1, 0.15) is 0 Å². The van der Waals surface area contributed by atoms with Crippen LogP contribution in [-0.4, -0.2) is 16.1 Å². The molecular weight excluding hydrogens is 221 g/mol. The SMILES string of the molecule is [NH-]c1cnccc1C(=O)O.[Y]. The first kappa shape index (κ1) is 10.5. The van der Waals surface area contributed by atoms with Gasteiger partial charge in [0.05, 0.1) is 0 Å².